The van der Waals surface area contributed by atoms with Gasteiger partial charge < -0.3 is 0 Å². The van der Waals surface area contributed by atoms with Crippen molar-refractivity contribution >= 4 is 21.2 Å². The lowest BCUT2D eigenvalue weighted by atomic mass is 10.3. The highest BCUT2D eigenvalue weighted by Crippen LogP contribution is 2.08. The molecule has 2 aromatic heterocycles. The number of rotatable bonds is 1. The monoisotopic (exact) mass is 211 g/mol. The molecule has 0 radical (unpaired) electrons. The van der Waals surface area contributed by atoms with Crippen LogP contribution in [0.5, 0.6) is 0 Å². The lowest BCUT2D eigenvalue weighted by Gasteiger charge is -1.96. The molecule has 0 amide bonds. The van der Waals surface area contributed by atoms with Crippen LogP contribution >= 0.6 is 0 Å². The molecule has 0 atom stereocenters. The first kappa shape index (κ1) is 8.97. The van der Waals surface area contributed by atoms with Gasteiger partial charge in [0.2, 0.25) is 0 Å². The predicted molar refractivity (Wildman–Crippen MR) is 47.1 cm³/mol. The zero-order chi connectivity index (χ0) is 10.2. The van der Waals surface area contributed by atoms with Gasteiger partial charge in [-0.25, -0.2) is 9.97 Å². The molecule has 6 nitrogen and oxygen atoms in total. The molecule has 0 saturated heterocycles. The van der Waals surface area contributed by atoms with Gasteiger partial charge in [-0.1, -0.05) is 0 Å². The van der Waals surface area contributed by atoms with Crippen molar-refractivity contribution in [1.29, 1.82) is 0 Å². The minimum absolute atomic E-state index is 0.232. The van der Waals surface area contributed by atoms with Crippen LogP contribution in [0.1, 0.15) is 0 Å². The van der Waals surface area contributed by atoms with Crippen LogP contribution in [0.2, 0.25) is 0 Å². The number of hydrogen-bond acceptors (Lipinski definition) is 5. The van der Waals surface area contributed by atoms with Gasteiger partial charge in [-0.3, -0.25) is 4.55 Å². The Balaban J connectivity index is 2.75. The minimum atomic E-state index is -4.36. The maximum atomic E-state index is 10.7. The van der Waals surface area contributed by atoms with Crippen LogP contribution < -0.4 is 0 Å². The third-order valence-corrected chi connectivity index (χ3v) is 2.22. The highest BCUT2D eigenvalue weighted by atomic mass is 32.2. The van der Waals surface area contributed by atoms with E-state index in [9.17, 15) is 8.42 Å². The van der Waals surface area contributed by atoms with E-state index in [0.29, 0.717) is 5.39 Å². The zero-order valence-electron chi connectivity index (χ0n) is 6.82. The molecule has 0 bridgehead atoms. The fraction of sp³-hybridized carbons (Fsp3) is 0. The molecule has 2 heterocycles. The molecule has 14 heavy (non-hydrogen) atoms. The summed E-state index contributed by atoms with van der Waals surface area (Å²) >= 11 is 0. The van der Waals surface area contributed by atoms with Crippen molar-refractivity contribution in [3.8, 4) is 0 Å². The molecule has 72 valence electrons. The molecule has 0 aliphatic rings. The number of fused-ring (bicyclic) bond motifs is 1. The molecule has 7 heteroatoms. The fourth-order valence-electron chi connectivity index (χ4n) is 0.972. The van der Waals surface area contributed by atoms with E-state index < -0.39 is 15.3 Å². The van der Waals surface area contributed by atoms with E-state index in [0.717, 1.165) is 0 Å². The van der Waals surface area contributed by atoms with Crippen LogP contribution in [0, 0.1) is 0 Å². The Morgan fingerprint density at radius 1 is 1.29 bits per heavy atom. The third-order valence-electron chi connectivity index (χ3n) is 1.56. The van der Waals surface area contributed by atoms with E-state index in [1.165, 1.54) is 12.4 Å². The molecule has 0 unspecified atom stereocenters. The molecule has 0 fully saturated rings. The summed E-state index contributed by atoms with van der Waals surface area (Å²) in [5.74, 6) is 0. The summed E-state index contributed by atoms with van der Waals surface area (Å²) in [5.41, 5.74) is 0.232. The highest BCUT2D eigenvalue weighted by Gasteiger charge is 2.13. The molecule has 0 spiro atoms. The normalized spacial score (nSPS) is 11.8. The third kappa shape index (κ3) is 1.54. The maximum absolute atomic E-state index is 10.7. The van der Waals surface area contributed by atoms with Crippen molar-refractivity contribution in [2.24, 2.45) is 0 Å². The van der Waals surface area contributed by atoms with E-state index >= 15 is 0 Å². The van der Waals surface area contributed by atoms with Crippen molar-refractivity contribution in [3.05, 3.63) is 24.5 Å². The average Bonchev–Trinajstić information content (AvgIpc) is 2.16. The maximum Gasteiger partial charge on any atom is 0.330 e. The Bertz CT molecular complexity index is 582. The second-order valence-corrected chi connectivity index (χ2v) is 3.86. The van der Waals surface area contributed by atoms with Gasteiger partial charge in [0.15, 0.2) is 5.65 Å². The lowest BCUT2D eigenvalue weighted by molar-refractivity contribution is 0.474. The van der Waals surface area contributed by atoms with E-state index in [1.807, 2.05) is 0 Å². The van der Waals surface area contributed by atoms with E-state index in [1.54, 1.807) is 12.1 Å². The van der Waals surface area contributed by atoms with Gasteiger partial charge in [0.25, 0.3) is 5.16 Å². The van der Waals surface area contributed by atoms with Crippen molar-refractivity contribution in [3.63, 3.8) is 0 Å². The van der Waals surface area contributed by atoms with Gasteiger partial charge in [0.1, 0.15) is 0 Å². The smallest absolute Gasteiger partial charge is 0.279 e. The number of pyridine rings is 1. The van der Waals surface area contributed by atoms with E-state index in [-0.39, 0.29) is 5.65 Å². The standard InChI is InChI=1S/C7H5N3O3S/c11-14(12,13)7-9-4-5-2-1-3-8-6(5)10-7/h1-4H,(H,11,12,13). The summed E-state index contributed by atoms with van der Waals surface area (Å²) in [6.07, 6.45) is 2.77. The Morgan fingerprint density at radius 2 is 2.07 bits per heavy atom. The number of hydrogen-bond donors (Lipinski definition) is 1. The van der Waals surface area contributed by atoms with Crippen LogP contribution in [0.15, 0.2) is 29.7 Å². The molecular formula is C7H5N3O3S. The van der Waals surface area contributed by atoms with Gasteiger partial charge in [0, 0.05) is 17.8 Å². The minimum Gasteiger partial charge on any atom is -0.279 e. The second kappa shape index (κ2) is 2.96. The van der Waals surface area contributed by atoms with Gasteiger partial charge in [-0.15, -0.1) is 0 Å². The van der Waals surface area contributed by atoms with Crippen molar-refractivity contribution in [1.82, 2.24) is 15.0 Å². The van der Waals surface area contributed by atoms with Crippen LogP contribution in [-0.4, -0.2) is 27.9 Å². The fourth-order valence-corrected chi connectivity index (χ4v) is 1.36. The summed E-state index contributed by atoms with van der Waals surface area (Å²) in [6.45, 7) is 0. The molecule has 2 aromatic rings. The summed E-state index contributed by atoms with van der Waals surface area (Å²) in [7, 11) is -4.36. The molecular weight excluding hydrogens is 206 g/mol. The van der Waals surface area contributed by atoms with Crippen LogP contribution in [0.3, 0.4) is 0 Å². The topological polar surface area (TPSA) is 93.0 Å². The quantitative estimate of drug-likeness (QED) is 0.537. The average molecular weight is 211 g/mol. The second-order valence-electron chi connectivity index (χ2n) is 2.54. The summed E-state index contributed by atoms with van der Waals surface area (Å²) in [6, 6.07) is 3.37. The Morgan fingerprint density at radius 3 is 2.79 bits per heavy atom. The summed E-state index contributed by atoms with van der Waals surface area (Å²) in [4.78, 5) is 10.9. The highest BCUT2D eigenvalue weighted by molar-refractivity contribution is 7.85. The lowest BCUT2D eigenvalue weighted by Crippen LogP contribution is -2.04. The predicted octanol–water partition coefficient (Wildman–Crippen LogP) is 0.272. The van der Waals surface area contributed by atoms with Crippen molar-refractivity contribution in [2.45, 2.75) is 5.16 Å². The first-order valence-electron chi connectivity index (χ1n) is 3.62. The van der Waals surface area contributed by atoms with Crippen LogP contribution in [0.4, 0.5) is 0 Å². The molecule has 0 saturated carbocycles. The Kier molecular flexibility index (Phi) is 1.90. The van der Waals surface area contributed by atoms with Gasteiger partial charge in [-0.2, -0.15) is 13.4 Å². The Labute approximate surface area is 79.4 Å². The van der Waals surface area contributed by atoms with Crippen molar-refractivity contribution in [2.75, 3.05) is 0 Å². The van der Waals surface area contributed by atoms with Crippen LogP contribution in [0.25, 0.3) is 11.0 Å². The summed E-state index contributed by atoms with van der Waals surface area (Å²) < 4.78 is 30.0. The van der Waals surface area contributed by atoms with Gasteiger partial charge >= 0.3 is 10.1 Å². The molecule has 0 aromatic carbocycles. The molecule has 0 aliphatic carbocycles. The molecule has 0 aliphatic heterocycles. The van der Waals surface area contributed by atoms with Crippen molar-refractivity contribution < 1.29 is 13.0 Å². The Hall–Kier alpha value is -1.60. The van der Waals surface area contributed by atoms with E-state index in [4.69, 9.17) is 4.55 Å². The number of aromatic nitrogens is 3. The molecule has 2 rings (SSSR count). The SMILES string of the molecule is O=S(=O)(O)c1ncc2cccnc2n1. The first-order chi connectivity index (χ1) is 6.57. The first-order valence-corrected chi connectivity index (χ1v) is 5.06. The van der Waals surface area contributed by atoms with Gasteiger partial charge in [0.05, 0.1) is 0 Å². The number of nitrogens with zero attached hydrogens (tertiary/aromatic N) is 3. The van der Waals surface area contributed by atoms with E-state index in [2.05, 4.69) is 15.0 Å². The molecule has 1 N–H and O–H groups in total. The largest absolute Gasteiger partial charge is 0.330 e. The van der Waals surface area contributed by atoms with Gasteiger partial charge in [-0.05, 0) is 12.1 Å². The summed E-state index contributed by atoms with van der Waals surface area (Å²) in [5, 5.41) is -0.0244. The zero-order valence-corrected chi connectivity index (χ0v) is 7.64. The van der Waals surface area contributed by atoms with Crippen LogP contribution in [-0.2, 0) is 10.1 Å².